The number of carbonyl (C=O) groups excluding carboxylic acids is 2. The second-order valence-electron chi connectivity index (χ2n) is 13.1. The molecule has 2 aromatic carbocycles. The summed E-state index contributed by atoms with van der Waals surface area (Å²) in [6.45, 7) is 5.84. The first-order valence-corrected chi connectivity index (χ1v) is 16.6. The zero-order chi connectivity index (χ0) is 31.8. The summed E-state index contributed by atoms with van der Waals surface area (Å²) >= 11 is 6.42. The lowest BCUT2D eigenvalue weighted by Gasteiger charge is -2.33. The van der Waals surface area contributed by atoms with E-state index in [1.54, 1.807) is 36.5 Å². The van der Waals surface area contributed by atoms with E-state index in [1.165, 1.54) is 32.1 Å². The van der Waals surface area contributed by atoms with Gasteiger partial charge in [-0.2, -0.15) is 0 Å². The lowest BCUT2D eigenvalue weighted by molar-refractivity contribution is 0.00692. The Hall–Kier alpha value is -3.71. The molecule has 0 spiro atoms. The van der Waals surface area contributed by atoms with Gasteiger partial charge in [-0.1, -0.05) is 61.9 Å². The summed E-state index contributed by atoms with van der Waals surface area (Å²) in [6.07, 6.45) is 14.5. The van der Waals surface area contributed by atoms with Crippen molar-refractivity contribution in [3.63, 3.8) is 0 Å². The van der Waals surface area contributed by atoms with Gasteiger partial charge in [-0.05, 0) is 94.0 Å². The summed E-state index contributed by atoms with van der Waals surface area (Å²) in [5.41, 5.74) is 2.72. The number of hydrogen-bond acceptors (Lipinski definition) is 6. The van der Waals surface area contributed by atoms with Crippen molar-refractivity contribution >= 4 is 35.1 Å². The molecule has 45 heavy (non-hydrogen) atoms. The summed E-state index contributed by atoms with van der Waals surface area (Å²) in [4.78, 5) is 38.3. The Labute approximate surface area is 272 Å². The number of pyridine rings is 1. The Balaban J connectivity index is 1.51. The molecule has 5 rings (SSSR count). The van der Waals surface area contributed by atoms with E-state index < -0.39 is 11.6 Å². The molecule has 2 aliphatic rings. The zero-order valence-electron chi connectivity index (χ0n) is 26.6. The molecule has 2 heterocycles. The van der Waals surface area contributed by atoms with Crippen LogP contribution in [0.1, 0.15) is 110 Å². The second kappa shape index (κ2) is 15.0. The van der Waals surface area contributed by atoms with Crippen LogP contribution < -0.4 is 0 Å². The molecule has 3 aromatic rings. The molecule has 0 saturated heterocycles. The lowest BCUT2D eigenvalue weighted by Crippen LogP contribution is -2.46. The number of benzene rings is 2. The highest BCUT2D eigenvalue weighted by molar-refractivity contribution is 6.31. The van der Waals surface area contributed by atoms with Gasteiger partial charge in [0.15, 0.2) is 0 Å². The number of amides is 1. The minimum Gasteiger partial charge on any atom is -0.476 e. The van der Waals surface area contributed by atoms with Crippen LogP contribution >= 0.6 is 11.6 Å². The average Bonchev–Trinajstić information content (AvgIpc) is 3.10. The Morgan fingerprint density at radius 2 is 1.62 bits per heavy atom. The van der Waals surface area contributed by atoms with Crippen LogP contribution in [0.4, 0.5) is 5.69 Å². The first-order chi connectivity index (χ1) is 21.7. The third-order valence-electron chi connectivity index (χ3n) is 8.28. The monoisotopic (exact) mass is 629 g/mol. The highest BCUT2D eigenvalue weighted by atomic mass is 35.5. The number of rotatable bonds is 6. The third-order valence-corrected chi connectivity index (χ3v) is 8.51. The molecule has 1 aliphatic heterocycles. The van der Waals surface area contributed by atoms with Crippen LogP contribution in [0.3, 0.4) is 0 Å². The van der Waals surface area contributed by atoms with E-state index in [9.17, 15) is 9.59 Å². The predicted molar refractivity (Wildman–Crippen MR) is 178 cm³/mol. The molecule has 7 nitrogen and oxygen atoms in total. The van der Waals surface area contributed by atoms with Crippen molar-refractivity contribution in [1.82, 2.24) is 9.88 Å². The molecule has 238 valence electrons. The molecular weight excluding hydrogens is 586 g/mol. The van der Waals surface area contributed by atoms with E-state index in [0.29, 0.717) is 40.7 Å². The molecule has 0 N–H and O–H groups in total. The zero-order valence-corrected chi connectivity index (χ0v) is 27.4. The Kier molecular flexibility index (Phi) is 10.9. The Morgan fingerprint density at radius 1 is 0.933 bits per heavy atom. The van der Waals surface area contributed by atoms with E-state index in [1.807, 2.05) is 56.1 Å². The van der Waals surface area contributed by atoms with E-state index in [4.69, 9.17) is 26.1 Å². The predicted octanol–water partition coefficient (Wildman–Crippen LogP) is 8.90. The minimum atomic E-state index is -0.589. The van der Waals surface area contributed by atoms with Gasteiger partial charge in [-0.25, -0.2) is 9.79 Å². The molecule has 1 saturated carbocycles. The van der Waals surface area contributed by atoms with Crippen molar-refractivity contribution in [3.05, 3.63) is 94.3 Å². The molecule has 0 bridgehead atoms. The quantitative estimate of drug-likeness (QED) is 0.254. The minimum absolute atomic E-state index is 0.0176. The molecule has 1 atom stereocenters. The molecule has 1 amide bonds. The number of ether oxygens (including phenoxy) is 2. The first kappa shape index (κ1) is 32.7. The number of aromatic nitrogens is 1. The lowest BCUT2D eigenvalue weighted by atomic mass is 9.98. The number of esters is 1. The van der Waals surface area contributed by atoms with Crippen molar-refractivity contribution in [2.24, 2.45) is 4.99 Å². The second-order valence-corrected chi connectivity index (χ2v) is 13.6. The van der Waals surface area contributed by atoms with Gasteiger partial charge in [0.25, 0.3) is 5.91 Å². The molecule has 1 aromatic heterocycles. The van der Waals surface area contributed by atoms with Crippen molar-refractivity contribution < 1.29 is 19.1 Å². The van der Waals surface area contributed by atoms with Gasteiger partial charge < -0.3 is 14.4 Å². The maximum absolute atomic E-state index is 14.4. The molecule has 0 radical (unpaired) electrons. The summed E-state index contributed by atoms with van der Waals surface area (Å²) in [5, 5.41) is 0.512. The van der Waals surface area contributed by atoms with Crippen LogP contribution in [0.5, 0.6) is 0 Å². The number of carbonyl (C=O) groups is 2. The molecule has 1 fully saturated rings. The van der Waals surface area contributed by atoms with Crippen LogP contribution in [0.25, 0.3) is 0 Å². The van der Waals surface area contributed by atoms with Gasteiger partial charge in [0.2, 0.25) is 5.90 Å². The molecule has 0 unspecified atom stereocenters. The van der Waals surface area contributed by atoms with Gasteiger partial charge >= 0.3 is 5.97 Å². The average molecular weight is 630 g/mol. The fourth-order valence-corrected chi connectivity index (χ4v) is 6.13. The van der Waals surface area contributed by atoms with Crippen molar-refractivity contribution in [3.8, 4) is 0 Å². The van der Waals surface area contributed by atoms with Crippen LogP contribution in [-0.2, 0) is 22.4 Å². The summed E-state index contributed by atoms with van der Waals surface area (Å²) in [6, 6.07) is 15.9. The van der Waals surface area contributed by atoms with E-state index in [-0.39, 0.29) is 18.0 Å². The fraction of sp³-hybridized carbons (Fsp3) is 0.459. The number of hydrogen-bond donors (Lipinski definition) is 0. The van der Waals surface area contributed by atoms with Gasteiger partial charge in [0.1, 0.15) is 17.7 Å². The largest absolute Gasteiger partial charge is 0.476 e. The topological polar surface area (TPSA) is 81.1 Å². The number of halogens is 1. The van der Waals surface area contributed by atoms with Crippen LogP contribution in [-0.4, -0.2) is 45.4 Å². The summed E-state index contributed by atoms with van der Waals surface area (Å²) in [5.74, 6) is -0.00517. The van der Waals surface area contributed by atoms with Crippen LogP contribution in [0.2, 0.25) is 5.02 Å². The SMILES string of the molecule is CC(C)(C)OC(=O)c1ccc(CN2C(=O)c3ccc(Cl)cc3N=C(OC3CCCCCCCCC3)[C@H]2Cc2cccnc2)cc1. The fourth-order valence-electron chi connectivity index (χ4n) is 5.97. The smallest absolute Gasteiger partial charge is 0.338 e. The summed E-state index contributed by atoms with van der Waals surface area (Å²) in [7, 11) is 0. The van der Waals surface area contributed by atoms with Crippen LogP contribution in [0.15, 0.2) is 72.0 Å². The maximum atomic E-state index is 14.4. The van der Waals surface area contributed by atoms with E-state index >= 15 is 0 Å². The Bertz CT molecular complexity index is 1470. The molecule has 1 aliphatic carbocycles. The van der Waals surface area contributed by atoms with E-state index in [2.05, 4.69) is 4.98 Å². The standard InChI is InChI=1S/C37H44ClN3O4/c1-37(2,3)45-36(43)28-17-15-26(16-18-28)25-41-33(22-27-12-11-21-39-24-27)34(40-32-23-29(38)19-20-31(32)35(41)42)44-30-13-9-7-5-4-6-8-10-14-30/h11-12,15-21,23-24,30,33H,4-10,13-14,22,25H2,1-3H3/t33-/m1/s1. The van der Waals surface area contributed by atoms with Gasteiger partial charge in [0, 0.05) is 30.4 Å². The Morgan fingerprint density at radius 3 is 2.27 bits per heavy atom. The van der Waals surface area contributed by atoms with Crippen molar-refractivity contribution in [1.29, 1.82) is 0 Å². The van der Waals surface area contributed by atoms with E-state index in [0.717, 1.165) is 36.8 Å². The van der Waals surface area contributed by atoms with Gasteiger partial charge in [-0.15, -0.1) is 0 Å². The number of nitrogens with zero attached hydrogens (tertiary/aromatic N) is 3. The normalized spacial score (nSPS) is 18.4. The number of aliphatic imine (C=N–C) groups is 1. The van der Waals surface area contributed by atoms with Gasteiger partial charge in [0.05, 0.1) is 16.8 Å². The van der Waals surface area contributed by atoms with Crippen molar-refractivity contribution in [2.75, 3.05) is 0 Å². The van der Waals surface area contributed by atoms with Crippen LogP contribution in [0, 0.1) is 0 Å². The third kappa shape index (κ3) is 9.16. The maximum Gasteiger partial charge on any atom is 0.338 e. The number of fused-ring (bicyclic) bond motifs is 1. The van der Waals surface area contributed by atoms with Crippen molar-refractivity contribution in [2.45, 2.75) is 109 Å². The molecule has 8 heteroatoms. The van der Waals surface area contributed by atoms with Gasteiger partial charge in [-0.3, -0.25) is 9.78 Å². The molecular formula is C37H44ClN3O4. The summed E-state index contributed by atoms with van der Waals surface area (Å²) < 4.78 is 12.4. The highest BCUT2D eigenvalue weighted by Gasteiger charge is 2.36. The highest BCUT2D eigenvalue weighted by Crippen LogP contribution is 2.33. The first-order valence-electron chi connectivity index (χ1n) is 16.2.